The monoisotopic (exact) mass is 233 g/mol. The van der Waals surface area contributed by atoms with E-state index in [1.54, 1.807) is 0 Å². The number of hydrogen-bond donors (Lipinski definition) is 3. The van der Waals surface area contributed by atoms with E-state index in [0.29, 0.717) is 12.1 Å². The molecular weight excluding hydrogens is 223 g/mol. The molecule has 0 aromatic heterocycles. The normalized spacial score (nSPS) is 12.2. The maximum atomic E-state index is 13.1. The fourth-order valence-corrected chi connectivity index (χ4v) is 0.979. The van der Waals surface area contributed by atoms with Crippen LogP contribution in [0.25, 0.3) is 0 Å². The molecule has 0 saturated heterocycles. The number of nitrogens with one attached hydrogen (secondary N) is 1. The minimum atomic E-state index is -1.29. The molecule has 16 heavy (non-hydrogen) atoms. The van der Waals surface area contributed by atoms with Crippen molar-refractivity contribution < 1.29 is 18.0 Å². The largest absolute Gasteiger partial charge is 0.380 e. The number of nitrogens with two attached hydrogens (primary N) is 2. The molecule has 1 rings (SSSR count). The van der Waals surface area contributed by atoms with Crippen LogP contribution in [0.5, 0.6) is 0 Å². The highest BCUT2D eigenvalue weighted by atomic mass is 19.2. The van der Waals surface area contributed by atoms with Crippen molar-refractivity contribution in [2.24, 2.45) is 11.5 Å². The van der Waals surface area contributed by atoms with Crippen LogP contribution in [0.2, 0.25) is 0 Å². The lowest BCUT2D eigenvalue weighted by Crippen LogP contribution is -2.41. The summed E-state index contributed by atoms with van der Waals surface area (Å²) in [5.74, 6) is -4.25. The molecule has 88 valence electrons. The van der Waals surface area contributed by atoms with Crippen molar-refractivity contribution >= 4 is 11.6 Å². The lowest BCUT2D eigenvalue weighted by atomic mass is 10.2. The average Bonchev–Trinajstić information content (AvgIpc) is 2.20. The lowest BCUT2D eigenvalue weighted by molar-refractivity contribution is -0.118. The fourth-order valence-electron chi connectivity index (χ4n) is 0.979. The first-order valence-corrected chi connectivity index (χ1v) is 4.35. The third kappa shape index (κ3) is 2.86. The zero-order valence-electron chi connectivity index (χ0n) is 8.14. The Hall–Kier alpha value is -1.76. The maximum absolute atomic E-state index is 13.1. The van der Waals surface area contributed by atoms with Gasteiger partial charge in [-0.1, -0.05) is 0 Å². The standard InChI is InChI=1S/C9H10F3N3O/c10-4-1-6(12)8(2-5(4)11)15-3-7(13)9(14)16/h1-2,7,15H,3,13H2,(H2,14,16). The van der Waals surface area contributed by atoms with Crippen molar-refractivity contribution in [1.29, 1.82) is 0 Å². The summed E-state index contributed by atoms with van der Waals surface area (Å²) >= 11 is 0. The second-order valence-electron chi connectivity index (χ2n) is 3.14. The zero-order chi connectivity index (χ0) is 12.3. The van der Waals surface area contributed by atoms with Gasteiger partial charge in [0.05, 0.1) is 5.69 Å². The number of hydrogen-bond acceptors (Lipinski definition) is 3. The summed E-state index contributed by atoms with van der Waals surface area (Å²) in [6.07, 6.45) is 0. The van der Waals surface area contributed by atoms with Crippen molar-refractivity contribution in [3.8, 4) is 0 Å². The molecule has 0 fully saturated rings. The molecule has 0 aliphatic rings. The summed E-state index contributed by atoms with van der Waals surface area (Å²) in [5.41, 5.74) is 9.83. The Bertz CT molecular complexity index is 411. The van der Waals surface area contributed by atoms with Gasteiger partial charge in [0, 0.05) is 18.7 Å². The summed E-state index contributed by atoms with van der Waals surface area (Å²) in [4.78, 5) is 10.6. The molecular formula is C9H10F3N3O. The van der Waals surface area contributed by atoms with E-state index in [0.717, 1.165) is 0 Å². The second-order valence-corrected chi connectivity index (χ2v) is 3.14. The minimum Gasteiger partial charge on any atom is -0.380 e. The lowest BCUT2D eigenvalue weighted by Gasteiger charge is -2.11. The van der Waals surface area contributed by atoms with E-state index in [2.05, 4.69) is 5.32 Å². The van der Waals surface area contributed by atoms with E-state index in [1.807, 2.05) is 0 Å². The van der Waals surface area contributed by atoms with E-state index in [-0.39, 0.29) is 12.2 Å². The molecule has 1 atom stereocenters. The van der Waals surface area contributed by atoms with E-state index in [1.165, 1.54) is 0 Å². The van der Waals surface area contributed by atoms with Gasteiger partial charge in [0.2, 0.25) is 5.91 Å². The van der Waals surface area contributed by atoms with Gasteiger partial charge in [0.15, 0.2) is 11.6 Å². The molecule has 1 unspecified atom stereocenters. The predicted octanol–water partition coefficient (Wildman–Crippen LogP) is 0.328. The van der Waals surface area contributed by atoms with E-state index >= 15 is 0 Å². The molecule has 0 saturated carbocycles. The summed E-state index contributed by atoms with van der Waals surface area (Å²) in [6.45, 7) is -0.169. The molecule has 7 heteroatoms. The van der Waals surface area contributed by atoms with Crippen LogP contribution in [0.15, 0.2) is 12.1 Å². The number of rotatable bonds is 4. The van der Waals surface area contributed by atoms with Gasteiger partial charge in [-0.15, -0.1) is 0 Å². The second kappa shape index (κ2) is 4.84. The Morgan fingerprint density at radius 1 is 1.25 bits per heavy atom. The predicted molar refractivity (Wildman–Crippen MR) is 52.0 cm³/mol. The third-order valence-corrected chi connectivity index (χ3v) is 1.89. The van der Waals surface area contributed by atoms with Crippen molar-refractivity contribution in [2.75, 3.05) is 11.9 Å². The van der Waals surface area contributed by atoms with Crippen LogP contribution in [0.1, 0.15) is 0 Å². The highest BCUT2D eigenvalue weighted by molar-refractivity contribution is 5.80. The summed E-state index contributed by atoms with van der Waals surface area (Å²) in [5, 5.41) is 2.35. The Kier molecular flexibility index (Phi) is 3.73. The number of amides is 1. The minimum absolute atomic E-state index is 0.169. The Morgan fingerprint density at radius 3 is 2.38 bits per heavy atom. The van der Waals surface area contributed by atoms with Crippen molar-refractivity contribution in [2.45, 2.75) is 6.04 Å². The average molecular weight is 233 g/mol. The molecule has 1 aromatic rings. The van der Waals surface area contributed by atoms with Gasteiger partial charge < -0.3 is 16.8 Å². The van der Waals surface area contributed by atoms with Gasteiger partial charge in [-0.2, -0.15) is 0 Å². The number of benzene rings is 1. The van der Waals surface area contributed by atoms with Crippen LogP contribution in [0.3, 0.4) is 0 Å². The molecule has 0 spiro atoms. The molecule has 4 nitrogen and oxygen atoms in total. The molecule has 1 aromatic carbocycles. The molecule has 0 aliphatic heterocycles. The van der Waals surface area contributed by atoms with E-state index in [9.17, 15) is 18.0 Å². The molecule has 0 heterocycles. The number of primary amides is 1. The third-order valence-electron chi connectivity index (χ3n) is 1.89. The fraction of sp³-hybridized carbons (Fsp3) is 0.222. The maximum Gasteiger partial charge on any atom is 0.236 e. The first kappa shape index (κ1) is 12.3. The smallest absolute Gasteiger partial charge is 0.236 e. The number of anilines is 1. The van der Waals surface area contributed by atoms with Gasteiger partial charge in [-0.25, -0.2) is 13.2 Å². The van der Waals surface area contributed by atoms with E-state index in [4.69, 9.17) is 11.5 Å². The van der Waals surface area contributed by atoms with Crippen LogP contribution in [0.4, 0.5) is 18.9 Å². The summed E-state index contributed by atoms with van der Waals surface area (Å²) < 4.78 is 38.3. The van der Waals surface area contributed by atoms with Crippen LogP contribution >= 0.6 is 0 Å². The highest BCUT2D eigenvalue weighted by Crippen LogP contribution is 2.18. The Morgan fingerprint density at radius 2 is 1.81 bits per heavy atom. The zero-order valence-corrected chi connectivity index (χ0v) is 8.14. The summed E-state index contributed by atoms with van der Waals surface area (Å²) in [7, 11) is 0. The molecule has 0 radical (unpaired) electrons. The molecule has 5 N–H and O–H groups in total. The first-order valence-electron chi connectivity index (χ1n) is 4.35. The quantitative estimate of drug-likeness (QED) is 0.655. The van der Waals surface area contributed by atoms with Gasteiger partial charge in [0.1, 0.15) is 11.9 Å². The first-order chi connectivity index (χ1) is 7.41. The molecule has 0 aliphatic carbocycles. The van der Waals surface area contributed by atoms with Gasteiger partial charge in [-0.05, 0) is 0 Å². The van der Waals surface area contributed by atoms with E-state index < -0.39 is 29.4 Å². The topological polar surface area (TPSA) is 81.1 Å². The molecule has 0 bridgehead atoms. The van der Waals surface area contributed by atoms with Gasteiger partial charge >= 0.3 is 0 Å². The van der Waals surface area contributed by atoms with Crippen LogP contribution in [0, 0.1) is 17.5 Å². The van der Waals surface area contributed by atoms with Crippen LogP contribution in [-0.2, 0) is 4.79 Å². The van der Waals surface area contributed by atoms with Crippen LogP contribution < -0.4 is 16.8 Å². The number of carbonyl (C=O) groups is 1. The van der Waals surface area contributed by atoms with Crippen molar-refractivity contribution in [3.63, 3.8) is 0 Å². The van der Waals surface area contributed by atoms with Crippen LogP contribution in [-0.4, -0.2) is 18.5 Å². The number of halogens is 3. The molecule has 1 amide bonds. The Balaban J connectivity index is 2.74. The SMILES string of the molecule is NC(=O)C(N)CNc1cc(F)c(F)cc1F. The highest BCUT2D eigenvalue weighted by Gasteiger charge is 2.12. The summed E-state index contributed by atoms with van der Waals surface area (Å²) in [6, 6.07) is -0.00114. The van der Waals surface area contributed by atoms with Crippen molar-refractivity contribution in [3.05, 3.63) is 29.6 Å². The van der Waals surface area contributed by atoms with Gasteiger partial charge in [0.25, 0.3) is 0 Å². The number of carbonyl (C=O) groups excluding carboxylic acids is 1. The van der Waals surface area contributed by atoms with Crippen molar-refractivity contribution in [1.82, 2.24) is 0 Å². The Labute approximate surface area is 89.4 Å². The van der Waals surface area contributed by atoms with Gasteiger partial charge in [-0.3, -0.25) is 4.79 Å².